The van der Waals surface area contributed by atoms with Crippen molar-refractivity contribution >= 4 is 17.4 Å². The molecule has 20 heavy (non-hydrogen) atoms. The molecule has 0 saturated carbocycles. The number of hydrogen-bond acceptors (Lipinski definition) is 4. The lowest BCUT2D eigenvalue weighted by atomic mass is 10.0. The largest absolute Gasteiger partial charge is 0.383 e. The second kappa shape index (κ2) is 8.21. The summed E-state index contributed by atoms with van der Waals surface area (Å²) in [5, 5.41) is 6.77. The van der Waals surface area contributed by atoms with Gasteiger partial charge in [-0.05, 0) is 26.2 Å². The van der Waals surface area contributed by atoms with Crippen molar-refractivity contribution in [3.05, 3.63) is 15.6 Å². The van der Waals surface area contributed by atoms with Gasteiger partial charge in [-0.1, -0.05) is 13.8 Å². The molecule has 2 N–H and O–H groups in total. The third-order valence-corrected chi connectivity index (χ3v) is 4.13. The molecule has 1 aromatic heterocycles. The minimum Gasteiger partial charge on any atom is -0.383 e. The van der Waals surface area contributed by atoms with E-state index in [0.29, 0.717) is 19.1 Å². The number of aryl methyl sites for hydroxylation is 2. The van der Waals surface area contributed by atoms with Crippen molar-refractivity contribution in [2.75, 3.05) is 20.3 Å². The average Bonchev–Trinajstić information content (AvgIpc) is 2.68. The fraction of sp³-hybridized carbons (Fsp3) is 0.714. The molecule has 1 heterocycles. The molecule has 1 atom stereocenters. The predicted molar refractivity (Wildman–Crippen MR) is 82.2 cm³/mol. The number of ether oxygens (including phenoxy) is 1. The maximum atomic E-state index is 11.9. The van der Waals surface area contributed by atoms with Crippen molar-refractivity contribution < 1.29 is 9.53 Å². The van der Waals surface area contributed by atoms with E-state index in [1.165, 1.54) is 4.88 Å². The van der Waals surface area contributed by atoms with Crippen molar-refractivity contribution in [3.8, 4) is 0 Å². The Bertz CT molecular complexity index is 413. The Morgan fingerprint density at radius 3 is 2.60 bits per heavy atom. The van der Waals surface area contributed by atoms with E-state index in [1.807, 2.05) is 6.92 Å². The summed E-state index contributed by atoms with van der Waals surface area (Å²) >= 11 is 1.66. The molecule has 6 heteroatoms. The van der Waals surface area contributed by atoms with E-state index in [-0.39, 0.29) is 12.1 Å². The summed E-state index contributed by atoms with van der Waals surface area (Å²) in [5.74, 6) is 0.490. The Kier molecular flexibility index (Phi) is 6.95. The second-order valence-electron chi connectivity index (χ2n) is 5.27. The zero-order chi connectivity index (χ0) is 15.1. The summed E-state index contributed by atoms with van der Waals surface area (Å²) in [6.45, 7) is 9.36. The smallest absolute Gasteiger partial charge is 0.315 e. The van der Waals surface area contributed by atoms with Gasteiger partial charge in [0.25, 0.3) is 0 Å². The third-order valence-electron chi connectivity index (χ3n) is 2.95. The van der Waals surface area contributed by atoms with Gasteiger partial charge in [0.2, 0.25) is 0 Å². The maximum Gasteiger partial charge on any atom is 0.315 e. The van der Waals surface area contributed by atoms with Gasteiger partial charge in [-0.25, -0.2) is 9.78 Å². The molecule has 1 unspecified atom stereocenters. The highest BCUT2D eigenvalue weighted by molar-refractivity contribution is 7.11. The monoisotopic (exact) mass is 299 g/mol. The first-order chi connectivity index (χ1) is 9.43. The summed E-state index contributed by atoms with van der Waals surface area (Å²) in [6.07, 6.45) is 0.879. The van der Waals surface area contributed by atoms with E-state index in [0.717, 1.165) is 17.1 Å². The van der Waals surface area contributed by atoms with E-state index in [4.69, 9.17) is 4.74 Å². The summed E-state index contributed by atoms with van der Waals surface area (Å²) in [4.78, 5) is 17.6. The zero-order valence-electron chi connectivity index (χ0n) is 12.9. The van der Waals surface area contributed by atoms with Crippen LogP contribution < -0.4 is 10.6 Å². The van der Waals surface area contributed by atoms with E-state index >= 15 is 0 Å². The van der Waals surface area contributed by atoms with Gasteiger partial charge in [0.1, 0.15) is 5.01 Å². The van der Waals surface area contributed by atoms with Gasteiger partial charge in [-0.2, -0.15) is 0 Å². The van der Waals surface area contributed by atoms with Gasteiger partial charge >= 0.3 is 6.03 Å². The zero-order valence-corrected chi connectivity index (χ0v) is 13.8. The molecule has 0 aliphatic heterocycles. The molecule has 2 amide bonds. The molecule has 1 aromatic rings. The highest BCUT2D eigenvalue weighted by atomic mass is 32.1. The van der Waals surface area contributed by atoms with Crippen LogP contribution in [0.25, 0.3) is 0 Å². The molecule has 0 fully saturated rings. The van der Waals surface area contributed by atoms with Crippen molar-refractivity contribution in [2.24, 2.45) is 5.92 Å². The highest BCUT2D eigenvalue weighted by Gasteiger charge is 2.20. The van der Waals surface area contributed by atoms with Crippen LogP contribution >= 0.6 is 11.3 Å². The summed E-state index contributed by atoms with van der Waals surface area (Å²) < 4.78 is 4.91. The predicted octanol–water partition coefficient (Wildman–Crippen LogP) is 2.79. The van der Waals surface area contributed by atoms with E-state index < -0.39 is 0 Å². The van der Waals surface area contributed by atoms with Crippen LogP contribution in [0.1, 0.15) is 41.9 Å². The van der Waals surface area contributed by atoms with E-state index in [9.17, 15) is 4.79 Å². The van der Waals surface area contributed by atoms with E-state index in [1.54, 1.807) is 18.4 Å². The quantitative estimate of drug-likeness (QED) is 0.761. The number of methoxy groups -OCH3 is 1. The molecule has 0 radical (unpaired) electrons. The molecular formula is C14H25N3O2S. The topological polar surface area (TPSA) is 63.2 Å². The second-order valence-corrected chi connectivity index (χ2v) is 6.50. The standard InChI is InChI=1S/C14H25N3O2S/c1-9(2)8-12(13-16-10(3)11(4)20-13)17-14(18)15-6-7-19-5/h9,12H,6-8H2,1-5H3,(H2,15,17,18). The average molecular weight is 299 g/mol. The lowest BCUT2D eigenvalue weighted by molar-refractivity contribution is 0.194. The Morgan fingerprint density at radius 2 is 2.10 bits per heavy atom. The molecule has 0 aliphatic carbocycles. The van der Waals surface area contributed by atoms with Crippen LogP contribution in [-0.4, -0.2) is 31.3 Å². The van der Waals surface area contributed by atoms with Gasteiger partial charge in [-0.3, -0.25) is 0 Å². The van der Waals surface area contributed by atoms with Gasteiger partial charge < -0.3 is 15.4 Å². The van der Waals surface area contributed by atoms with Crippen LogP contribution in [0.5, 0.6) is 0 Å². The van der Waals surface area contributed by atoms with Crippen LogP contribution in [0.4, 0.5) is 4.79 Å². The summed E-state index contributed by atoms with van der Waals surface area (Å²) in [7, 11) is 1.61. The normalized spacial score (nSPS) is 12.5. The minimum absolute atomic E-state index is 0.0325. The molecule has 0 saturated heterocycles. The highest BCUT2D eigenvalue weighted by Crippen LogP contribution is 2.27. The van der Waals surface area contributed by atoms with Gasteiger partial charge in [0.05, 0.1) is 18.3 Å². The van der Waals surface area contributed by atoms with Crippen LogP contribution in [0.15, 0.2) is 0 Å². The van der Waals surface area contributed by atoms with Gasteiger partial charge in [0.15, 0.2) is 0 Å². The minimum atomic E-state index is -0.168. The van der Waals surface area contributed by atoms with E-state index in [2.05, 4.69) is 36.4 Å². The molecule has 114 valence electrons. The fourth-order valence-electron chi connectivity index (χ4n) is 1.82. The molecule has 0 spiro atoms. The molecule has 1 rings (SSSR count). The Labute approximate surface area is 125 Å². The number of amides is 2. The number of rotatable bonds is 7. The van der Waals surface area contributed by atoms with Crippen molar-refractivity contribution in [3.63, 3.8) is 0 Å². The first-order valence-corrected chi connectivity index (χ1v) is 7.73. The number of carbonyl (C=O) groups is 1. The molecule has 0 bridgehead atoms. The first-order valence-electron chi connectivity index (χ1n) is 6.91. The molecule has 0 aromatic carbocycles. The number of nitrogens with one attached hydrogen (secondary N) is 2. The Morgan fingerprint density at radius 1 is 1.40 bits per heavy atom. The maximum absolute atomic E-state index is 11.9. The third kappa shape index (κ3) is 5.46. The van der Waals surface area contributed by atoms with Gasteiger partial charge in [-0.15, -0.1) is 11.3 Å². The molecule has 0 aliphatic rings. The van der Waals surface area contributed by atoms with Crippen LogP contribution in [-0.2, 0) is 4.74 Å². The Hall–Kier alpha value is -1.14. The molecule has 5 nitrogen and oxygen atoms in total. The number of urea groups is 1. The number of nitrogens with zero attached hydrogens (tertiary/aromatic N) is 1. The van der Waals surface area contributed by atoms with Crippen molar-refractivity contribution in [2.45, 2.75) is 40.2 Å². The Balaban J connectivity index is 2.67. The number of hydrogen-bond donors (Lipinski definition) is 2. The van der Waals surface area contributed by atoms with Crippen LogP contribution in [0, 0.1) is 19.8 Å². The lowest BCUT2D eigenvalue weighted by Crippen LogP contribution is -2.39. The number of thiazole rings is 1. The first kappa shape index (κ1) is 16.9. The summed E-state index contributed by atoms with van der Waals surface area (Å²) in [6, 6.07) is -0.201. The number of carbonyl (C=O) groups excluding carboxylic acids is 1. The summed E-state index contributed by atoms with van der Waals surface area (Å²) in [5.41, 5.74) is 1.04. The van der Waals surface area contributed by atoms with Gasteiger partial charge in [0, 0.05) is 18.5 Å². The lowest BCUT2D eigenvalue weighted by Gasteiger charge is -2.19. The SMILES string of the molecule is COCCNC(=O)NC(CC(C)C)c1nc(C)c(C)s1. The molecular weight excluding hydrogens is 274 g/mol. The van der Waals surface area contributed by atoms with Crippen molar-refractivity contribution in [1.82, 2.24) is 15.6 Å². The fourth-order valence-corrected chi connectivity index (χ4v) is 2.80. The van der Waals surface area contributed by atoms with Crippen LogP contribution in [0.2, 0.25) is 0 Å². The van der Waals surface area contributed by atoms with Crippen molar-refractivity contribution in [1.29, 1.82) is 0 Å². The van der Waals surface area contributed by atoms with Crippen LogP contribution in [0.3, 0.4) is 0 Å². The number of aromatic nitrogens is 1.